The van der Waals surface area contributed by atoms with Crippen molar-refractivity contribution in [2.24, 2.45) is 0 Å². The van der Waals surface area contributed by atoms with E-state index in [1.54, 1.807) is 0 Å². The van der Waals surface area contributed by atoms with Crippen molar-refractivity contribution in [3.8, 4) is 0 Å². The molecule has 0 aromatic heterocycles. The molecule has 14 heteroatoms. The molecule has 0 aliphatic heterocycles. The standard InChI is InChI=1S/CHF3O3S.BF4.2K/c2-1(3,4)8(5,6)7;2-1(3,4)5;;/h(H,5,6,7);;;/q;-1;2*+1/p-1. The largest absolute Gasteiger partial charge is 1.00 e. The van der Waals surface area contributed by atoms with Crippen LogP contribution >= 0.6 is 0 Å². The Kier molecular flexibility index (Phi) is 17.0. The van der Waals surface area contributed by atoms with E-state index in [1.807, 2.05) is 0 Å². The summed E-state index contributed by atoms with van der Waals surface area (Å²) in [6, 6.07) is 0. The third-order valence-electron chi connectivity index (χ3n) is 0.283. The fraction of sp³-hybridized carbons (Fsp3) is 1.00. The molecule has 0 aromatic carbocycles. The van der Waals surface area contributed by atoms with Gasteiger partial charge in [-0.1, -0.05) is 0 Å². The predicted octanol–water partition coefficient (Wildman–Crippen LogP) is -4.64. The topological polar surface area (TPSA) is 57.2 Å². The zero-order valence-electron chi connectivity index (χ0n) is 7.36. The minimum atomic E-state index is -6.09. The second-order valence-electron chi connectivity index (χ2n) is 1.39. The van der Waals surface area contributed by atoms with E-state index in [9.17, 15) is 30.4 Å². The second kappa shape index (κ2) is 9.66. The molecule has 0 bridgehead atoms. The number of rotatable bonds is 0. The number of hydrogen-bond acceptors (Lipinski definition) is 3. The first kappa shape index (κ1) is 26.3. The van der Waals surface area contributed by atoms with Crippen LogP contribution in [0.1, 0.15) is 0 Å². The summed E-state index contributed by atoms with van der Waals surface area (Å²) in [5.74, 6) is 0. The summed E-state index contributed by atoms with van der Waals surface area (Å²) in [6.07, 6.45) is 0. The van der Waals surface area contributed by atoms with Crippen LogP contribution in [-0.2, 0) is 10.1 Å². The van der Waals surface area contributed by atoms with Crippen molar-refractivity contribution in [2.45, 2.75) is 5.51 Å². The van der Waals surface area contributed by atoms with Crippen LogP contribution in [-0.4, -0.2) is 25.7 Å². The first-order valence-corrected chi connectivity index (χ1v) is 3.55. The van der Waals surface area contributed by atoms with Crippen molar-refractivity contribution in [2.75, 3.05) is 0 Å². The van der Waals surface area contributed by atoms with Crippen LogP contribution in [0.25, 0.3) is 0 Å². The summed E-state index contributed by atoms with van der Waals surface area (Å²) >= 11 is 0. The van der Waals surface area contributed by atoms with E-state index < -0.39 is 22.9 Å². The van der Waals surface area contributed by atoms with Crippen molar-refractivity contribution < 1.29 is 146 Å². The molecule has 0 aromatic rings. The van der Waals surface area contributed by atoms with Gasteiger partial charge >= 0.3 is 116 Å². The fourth-order valence-electron chi connectivity index (χ4n) is 0. The van der Waals surface area contributed by atoms with Gasteiger partial charge in [-0.15, -0.1) is 0 Å². The number of alkyl halides is 3. The summed E-state index contributed by atoms with van der Waals surface area (Å²) in [6.45, 7) is 0. The SMILES string of the molecule is F[B-](F)(F)F.O=S(=O)([O-])C(F)(F)F.[K+].[K+]. The van der Waals surface area contributed by atoms with Crippen LogP contribution < -0.4 is 103 Å². The third kappa shape index (κ3) is 26.4. The van der Waals surface area contributed by atoms with Crippen LogP contribution in [0.4, 0.5) is 30.4 Å². The maximum atomic E-state index is 10.7. The molecule has 0 N–H and O–H groups in total. The van der Waals surface area contributed by atoms with Gasteiger partial charge in [0, 0.05) is 0 Å². The molecule has 0 saturated carbocycles. The molecule has 0 heterocycles. The first-order chi connectivity index (χ1) is 5.25. The van der Waals surface area contributed by atoms with Gasteiger partial charge in [-0.25, -0.2) is 8.42 Å². The van der Waals surface area contributed by atoms with E-state index in [-0.39, 0.29) is 103 Å². The minimum Gasteiger partial charge on any atom is -0.741 e. The molecule has 0 atom stereocenters. The van der Waals surface area contributed by atoms with Gasteiger partial charge in [-0.3, -0.25) is 0 Å². The molecule has 0 saturated heterocycles. The Morgan fingerprint density at radius 1 is 0.933 bits per heavy atom. The predicted molar refractivity (Wildman–Crippen MR) is 25.9 cm³/mol. The summed E-state index contributed by atoms with van der Waals surface area (Å²) in [5.41, 5.74) is -5.65. The Morgan fingerprint density at radius 2 is 1.00 bits per heavy atom. The number of halogens is 7. The molecule has 82 valence electrons. The Bertz CT molecular complexity index is 238. The Hall–Kier alpha value is 2.76. The molecule has 0 rings (SSSR count). The van der Waals surface area contributed by atoms with Gasteiger partial charge < -0.3 is 21.8 Å². The van der Waals surface area contributed by atoms with Gasteiger partial charge in [0.05, 0.1) is 0 Å². The molecule has 0 amide bonds. The summed E-state index contributed by atoms with van der Waals surface area (Å²) in [4.78, 5) is 0. The molecule has 3 nitrogen and oxygen atoms in total. The fourth-order valence-corrected chi connectivity index (χ4v) is 0. The van der Waals surface area contributed by atoms with Gasteiger partial charge in [0.25, 0.3) is 0 Å². The molecular weight excluding hydrogens is 314 g/mol. The molecule has 0 spiro atoms. The maximum Gasteiger partial charge on any atom is 1.00 e. The quantitative estimate of drug-likeness (QED) is 0.196. The van der Waals surface area contributed by atoms with E-state index in [2.05, 4.69) is 0 Å². The first-order valence-electron chi connectivity index (χ1n) is 2.14. The molecule has 0 fully saturated rings. The summed E-state index contributed by atoms with van der Waals surface area (Å²) in [5, 5.41) is 0. The van der Waals surface area contributed by atoms with E-state index in [1.165, 1.54) is 0 Å². The zero-order valence-corrected chi connectivity index (χ0v) is 14.4. The van der Waals surface area contributed by atoms with Crippen molar-refractivity contribution in [3.63, 3.8) is 0 Å². The normalized spacial score (nSPS) is 11.5. The summed E-state index contributed by atoms with van der Waals surface area (Å²) < 4.78 is 97.9. The third-order valence-corrected chi connectivity index (χ3v) is 0.850. The van der Waals surface area contributed by atoms with Gasteiger partial charge in [0.1, 0.15) is 0 Å². The molecular formula is CBF7K2O3S. The van der Waals surface area contributed by atoms with E-state index >= 15 is 0 Å². The number of hydrogen-bond donors (Lipinski definition) is 0. The Balaban J connectivity index is -0.0000000770. The van der Waals surface area contributed by atoms with Crippen molar-refractivity contribution in [1.29, 1.82) is 0 Å². The molecule has 0 aliphatic rings. The van der Waals surface area contributed by atoms with E-state index in [0.29, 0.717) is 0 Å². The monoisotopic (exact) mass is 314 g/mol. The van der Waals surface area contributed by atoms with Crippen LogP contribution in [0, 0.1) is 0 Å². The minimum absolute atomic E-state index is 0. The van der Waals surface area contributed by atoms with Crippen molar-refractivity contribution >= 4 is 17.4 Å². The van der Waals surface area contributed by atoms with E-state index in [4.69, 9.17) is 13.0 Å². The van der Waals surface area contributed by atoms with Crippen LogP contribution in [0.5, 0.6) is 0 Å². The van der Waals surface area contributed by atoms with Gasteiger partial charge in [-0.2, -0.15) is 13.2 Å². The van der Waals surface area contributed by atoms with E-state index in [0.717, 1.165) is 0 Å². The summed E-state index contributed by atoms with van der Waals surface area (Å²) in [7, 11) is -12.1. The zero-order chi connectivity index (χ0) is 11.5. The average molecular weight is 314 g/mol. The maximum absolute atomic E-state index is 10.7. The smallest absolute Gasteiger partial charge is 0.741 e. The van der Waals surface area contributed by atoms with Gasteiger partial charge in [0.15, 0.2) is 10.1 Å². The molecule has 0 aliphatic carbocycles. The average Bonchev–Trinajstić information content (AvgIpc) is 1.50. The Morgan fingerprint density at radius 3 is 1.00 bits per heavy atom. The van der Waals surface area contributed by atoms with Crippen LogP contribution in [0.3, 0.4) is 0 Å². The van der Waals surface area contributed by atoms with Gasteiger partial charge in [-0.05, 0) is 0 Å². The second-order valence-corrected chi connectivity index (χ2v) is 2.77. The van der Waals surface area contributed by atoms with Crippen molar-refractivity contribution in [1.82, 2.24) is 0 Å². The molecule has 0 radical (unpaired) electrons. The van der Waals surface area contributed by atoms with Crippen LogP contribution in [0.15, 0.2) is 0 Å². The molecule has 0 unspecified atom stereocenters. The van der Waals surface area contributed by atoms with Gasteiger partial charge in [0.2, 0.25) is 0 Å². The van der Waals surface area contributed by atoms with Crippen molar-refractivity contribution in [3.05, 3.63) is 0 Å². The van der Waals surface area contributed by atoms with Crippen LogP contribution in [0.2, 0.25) is 0 Å². The Labute approximate surface area is 165 Å². The molecule has 15 heavy (non-hydrogen) atoms.